The zero-order valence-electron chi connectivity index (χ0n) is 12.5. The summed E-state index contributed by atoms with van der Waals surface area (Å²) < 4.78 is 8.62. The molecule has 114 valence electrons. The van der Waals surface area contributed by atoms with Crippen LogP contribution in [0, 0.1) is 0 Å². The largest absolute Gasteiger partial charge is 0.374 e. The molecule has 2 heterocycles. The van der Waals surface area contributed by atoms with Gasteiger partial charge in [0.05, 0.1) is 24.4 Å². The second-order valence-corrected chi connectivity index (χ2v) is 5.89. The van der Waals surface area contributed by atoms with Gasteiger partial charge in [0.1, 0.15) is 0 Å². The maximum absolute atomic E-state index is 6.01. The lowest BCUT2D eigenvalue weighted by Gasteiger charge is -2.37. The number of likely N-dealkylation sites (N-methyl/N-ethyl adjacent to an activating group) is 1. The molecule has 2 unspecified atom stereocenters. The van der Waals surface area contributed by atoms with Crippen molar-refractivity contribution in [2.24, 2.45) is 7.05 Å². The summed E-state index contributed by atoms with van der Waals surface area (Å²) >= 11 is 3.50. The molecule has 2 atom stereocenters. The van der Waals surface area contributed by atoms with Gasteiger partial charge < -0.3 is 10.1 Å². The van der Waals surface area contributed by atoms with Gasteiger partial charge in [-0.1, -0.05) is 19.1 Å². The number of ether oxygens (including phenoxy) is 1. The lowest BCUT2D eigenvalue weighted by atomic mass is 10.1. The molecule has 1 fully saturated rings. The Hall–Kier alpha value is -0.500. The van der Waals surface area contributed by atoms with Gasteiger partial charge in [-0.05, 0) is 35.4 Å². The Morgan fingerprint density at radius 3 is 2.90 bits per heavy atom. The summed E-state index contributed by atoms with van der Waals surface area (Å²) in [7, 11) is 1.92. The molecule has 2 rings (SSSR count). The minimum absolute atomic E-state index is 0.106. The van der Waals surface area contributed by atoms with Crippen molar-refractivity contribution in [1.29, 1.82) is 0 Å². The van der Waals surface area contributed by atoms with E-state index in [9.17, 15) is 0 Å². The Kier molecular flexibility index (Phi) is 5.95. The minimum Gasteiger partial charge on any atom is -0.374 e. The lowest BCUT2D eigenvalue weighted by Crippen LogP contribution is -2.48. The molecule has 1 aliphatic heterocycles. The average Bonchev–Trinajstić information content (AvgIpc) is 2.77. The van der Waals surface area contributed by atoms with Gasteiger partial charge in [-0.15, -0.1) is 5.10 Å². The molecule has 0 amide bonds. The highest BCUT2D eigenvalue weighted by Gasteiger charge is 2.32. The van der Waals surface area contributed by atoms with Gasteiger partial charge in [-0.2, -0.15) is 0 Å². The van der Waals surface area contributed by atoms with E-state index in [1.54, 1.807) is 0 Å². The number of rotatable bonds is 6. The van der Waals surface area contributed by atoms with E-state index in [0.717, 1.165) is 43.1 Å². The zero-order chi connectivity index (χ0) is 14.5. The van der Waals surface area contributed by atoms with Crippen molar-refractivity contribution in [2.75, 3.05) is 32.8 Å². The number of nitrogens with one attached hydrogen (secondary N) is 1. The Bertz CT molecular complexity index is 403. The summed E-state index contributed by atoms with van der Waals surface area (Å²) in [5, 5.41) is 11.7. The van der Waals surface area contributed by atoms with E-state index in [4.69, 9.17) is 4.74 Å². The molecule has 0 aliphatic carbocycles. The highest BCUT2D eigenvalue weighted by molar-refractivity contribution is 9.10. The van der Waals surface area contributed by atoms with Crippen molar-refractivity contribution in [2.45, 2.75) is 32.4 Å². The van der Waals surface area contributed by atoms with E-state index >= 15 is 0 Å². The average molecular weight is 346 g/mol. The van der Waals surface area contributed by atoms with Gasteiger partial charge in [0.25, 0.3) is 0 Å². The number of hydrogen-bond donors (Lipinski definition) is 1. The molecule has 0 aromatic carbocycles. The van der Waals surface area contributed by atoms with Crippen molar-refractivity contribution < 1.29 is 4.74 Å². The van der Waals surface area contributed by atoms with Crippen LogP contribution in [-0.4, -0.2) is 58.8 Å². The number of halogens is 1. The highest BCUT2D eigenvalue weighted by atomic mass is 79.9. The minimum atomic E-state index is 0.106. The van der Waals surface area contributed by atoms with Crippen molar-refractivity contribution in [3.63, 3.8) is 0 Å². The predicted octanol–water partition coefficient (Wildman–Crippen LogP) is 1.34. The van der Waals surface area contributed by atoms with E-state index in [0.29, 0.717) is 0 Å². The van der Waals surface area contributed by atoms with Crippen LogP contribution in [-0.2, 0) is 11.8 Å². The maximum atomic E-state index is 6.01. The first-order valence-corrected chi connectivity index (χ1v) is 8.09. The highest BCUT2D eigenvalue weighted by Crippen LogP contribution is 2.26. The normalized spacial score (nSPS) is 22.1. The van der Waals surface area contributed by atoms with E-state index in [1.807, 2.05) is 11.7 Å². The number of aromatic nitrogens is 3. The third-order valence-corrected chi connectivity index (χ3v) is 4.20. The summed E-state index contributed by atoms with van der Waals surface area (Å²) in [4.78, 5) is 2.47. The van der Waals surface area contributed by atoms with Crippen molar-refractivity contribution >= 4 is 15.9 Å². The second-order valence-electron chi connectivity index (χ2n) is 5.13. The van der Waals surface area contributed by atoms with Gasteiger partial charge in [0.2, 0.25) is 0 Å². The molecule has 6 nitrogen and oxygen atoms in total. The monoisotopic (exact) mass is 345 g/mol. The van der Waals surface area contributed by atoms with Crippen LogP contribution < -0.4 is 5.32 Å². The fraction of sp³-hybridized carbons (Fsp3) is 0.846. The SMILES string of the molecule is CCCN1CCOC(C(NCC)c2c(Br)nnn2C)C1. The van der Waals surface area contributed by atoms with E-state index in [1.165, 1.54) is 6.42 Å². The Balaban J connectivity index is 2.16. The van der Waals surface area contributed by atoms with Crippen LogP contribution in [0.25, 0.3) is 0 Å². The van der Waals surface area contributed by atoms with Crippen LogP contribution in [0.1, 0.15) is 32.0 Å². The van der Waals surface area contributed by atoms with Crippen molar-refractivity contribution in [3.8, 4) is 0 Å². The summed E-state index contributed by atoms with van der Waals surface area (Å²) in [5.74, 6) is 0. The molecule has 0 bridgehead atoms. The molecular formula is C13H24BrN5O. The van der Waals surface area contributed by atoms with Gasteiger partial charge in [-0.25, -0.2) is 4.68 Å². The van der Waals surface area contributed by atoms with E-state index < -0.39 is 0 Å². The second kappa shape index (κ2) is 7.49. The number of hydrogen-bond acceptors (Lipinski definition) is 5. The topological polar surface area (TPSA) is 55.2 Å². The summed E-state index contributed by atoms with van der Waals surface area (Å²) in [5.41, 5.74) is 1.05. The van der Waals surface area contributed by atoms with Crippen LogP contribution in [0.3, 0.4) is 0 Å². The number of nitrogens with zero attached hydrogens (tertiary/aromatic N) is 4. The molecule has 20 heavy (non-hydrogen) atoms. The van der Waals surface area contributed by atoms with Crippen LogP contribution in [0.2, 0.25) is 0 Å². The van der Waals surface area contributed by atoms with E-state index in [-0.39, 0.29) is 12.1 Å². The molecule has 7 heteroatoms. The standard InChI is InChI=1S/C13H24BrN5O/c1-4-6-19-7-8-20-10(9-19)11(15-5-2)12-13(14)16-17-18(12)3/h10-11,15H,4-9H2,1-3H3. The van der Waals surface area contributed by atoms with Gasteiger partial charge in [-0.3, -0.25) is 4.90 Å². The number of aryl methyl sites for hydroxylation is 1. The molecule has 1 N–H and O–H groups in total. The van der Waals surface area contributed by atoms with Crippen LogP contribution in [0.4, 0.5) is 0 Å². The first-order valence-electron chi connectivity index (χ1n) is 7.29. The molecule has 0 radical (unpaired) electrons. The third-order valence-electron chi connectivity index (χ3n) is 3.63. The lowest BCUT2D eigenvalue weighted by molar-refractivity contribution is -0.0481. The zero-order valence-corrected chi connectivity index (χ0v) is 14.1. The Morgan fingerprint density at radius 1 is 1.50 bits per heavy atom. The maximum Gasteiger partial charge on any atom is 0.153 e. The predicted molar refractivity (Wildman–Crippen MR) is 81.6 cm³/mol. The first-order chi connectivity index (χ1) is 9.67. The fourth-order valence-electron chi connectivity index (χ4n) is 2.75. The quantitative estimate of drug-likeness (QED) is 0.843. The van der Waals surface area contributed by atoms with Crippen LogP contribution in [0.15, 0.2) is 4.60 Å². The van der Waals surface area contributed by atoms with Crippen LogP contribution >= 0.6 is 15.9 Å². The van der Waals surface area contributed by atoms with Crippen LogP contribution in [0.5, 0.6) is 0 Å². The number of morpholine rings is 1. The Labute approximate surface area is 129 Å². The molecule has 1 aliphatic rings. The molecular weight excluding hydrogens is 322 g/mol. The fourth-order valence-corrected chi connectivity index (χ4v) is 3.32. The van der Waals surface area contributed by atoms with E-state index in [2.05, 4.69) is 50.3 Å². The molecule has 0 spiro atoms. The van der Waals surface area contributed by atoms with Crippen molar-refractivity contribution in [1.82, 2.24) is 25.2 Å². The summed E-state index contributed by atoms with van der Waals surface area (Å²) in [6, 6.07) is 0.106. The van der Waals surface area contributed by atoms with Gasteiger partial charge >= 0.3 is 0 Å². The third kappa shape index (κ3) is 3.58. The molecule has 1 aromatic heterocycles. The molecule has 0 saturated carbocycles. The smallest absolute Gasteiger partial charge is 0.153 e. The van der Waals surface area contributed by atoms with Gasteiger partial charge in [0.15, 0.2) is 4.60 Å². The van der Waals surface area contributed by atoms with Crippen molar-refractivity contribution in [3.05, 3.63) is 10.3 Å². The van der Waals surface area contributed by atoms with Gasteiger partial charge in [0, 0.05) is 20.1 Å². The first kappa shape index (κ1) is 15.9. The Morgan fingerprint density at radius 2 is 2.30 bits per heavy atom. The summed E-state index contributed by atoms with van der Waals surface area (Å²) in [6.45, 7) is 9.09. The molecule has 1 saturated heterocycles. The summed E-state index contributed by atoms with van der Waals surface area (Å²) in [6.07, 6.45) is 1.30. The molecule has 1 aromatic rings.